The normalized spacial score (nSPS) is 11.6. The zero-order chi connectivity index (χ0) is 10.7. The number of hydrogen-bond donors (Lipinski definition) is 0. The molecular formula is C14H13LiO. The topological polar surface area (TPSA) is 23.1 Å². The Bertz CT molecular complexity index is 422. The van der Waals surface area contributed by atoms with E-state index in [0.29, 0.717) is 0 Å². The van der Waals surface area contributed by atoms with Gasteiger partial charge in [-0.1, -0.05) is 77.4 Å². The molecule has 1 unspecified atom stereocenters. The Hall–Kier alpha value is -1.00. The first-order chi connectivity index (χ1) is 7.27. The second-order valence-corrected chi connectivity index (χ2v) is 3.70. The van der Waals surface area contributed by atoms with Gasteiger partial charge in [-0.2, -0.15) is 0 Å². The molecule has 0 aromatic heterocycles. The average Bonchev–Trinajstić information content (AvgIpc) is 2.30. The van der Waals surface area contributed by atoms with Gasteiger partial charge in [0.15, 0.2) is 0 Å². The minimum atomic E-state index is -0.771. The summed E-state index contributed by atoms with van der Waals surface area (Å²) in [6.07, 6.45) is -0.771. The standard InChI is InChI=1S/C14H13O.Li/c1-11-7-9-13(10-8-11)14(15)12-5-3-2-4-6-12;/h2-10,14H,1H3;/q-1;+1. The summed E-state index contributed by atoms with van der Waals surface area (Å²) in [5.74, 6) is 0. The van der Waals surface area contributed by atoms with Crippen LogP contribution < -0.4 is 24.0 Å². The Balaban J connectivity index is 0.00000128. The molecule has 2 aromatic carbocycles. The summed E-state index contributed by atoms with van der Waals surface area (Å²) in [6, 6.07) is 17.2. The van der Waals surface area contributed by atoms with Crippen LogP contribution >= 0.6 is 0 Å². The third kappa shape index (κ3) is 2.99. The van der Waals surface area contributed by atoms with Gasteiger partial charge >= 0.3 is 18.9 Å². The quantitative estimate of drug-likeness (QED) is 0.602. The third-order valence-corrected chi connectivity index (χ3v) is 2.48. The van der Waals surface area contributed by atoms with Crippen LogP contribution in [0.2, 0.25) is 0 Å². The first-order valence-corrected chi connectivity index (χ1v) is 5.05. The predicted octanol–water partition coefficient (Wildman–Crippen LogP) is -0.551. The maximum absolute atomic E-state index is 12.0. The molecule has 2 heteroatoms. The Kier molecular flexibility index (Phi) is 4.83. The van der Waals surface area contributed by atoms with E-state index in [1.807, 2.05) is 61.5 Å². The van der Waals surface area contributed by atoms with Gasteiger partial charge in [0.2, 0.25) is 0 Å². The molecule has 2 aromatic rings. The zero-order valence-electron chi connectivity index (χ0n) is 9.68. The second kappa shape index (κ2) is 5.91. The van der Waals surface area contributed by atoms with E-state index < -0.39 is 6.10 Å². The van der Waals surface area contributed by atoms with E-state index in [1.54, 1.807) is 0 Å². The summed E-state index contributed by atoms with van der Waals surface area (Å²) in [4.78, 5) is 0. The van der Waals surface area contributed by atoms with Crippen molar-refractivity contribution in [2.45, 2.75) is 13.0 Å². The van der Waals surface area contributed by atoms with E-state index in [2.05, 4.69) is 0 Å². The Morgan fingerprint density at radius 3 is 1.88 bits per heavy atom. The molecule has 0 N–H and O–H groups in total. The van der Waals surface area contributed by atoms with Gasteiger partial charge in [-0.25, -0.2) is 0 Å². The molecule has 0 saturated heterocycles. The molecule has 0 aliphatic rings. The Morgan fingerprint density at radius 2 is 1.31 bits per heavy atom. The van der Waals surface area contributed by atoms with Crippen molar-refractivity contribution in [1.29, 1.82) is 0 Å². The van der Waals surface area contributed by atoms with Crippen LogP contribution in [0.1, 0.15) is 22.8 Å². The molecule has 0 aliphatic heterocycles. The number of rotatable bonds is 2. The number of hydrogen-bond acceptors (Lipinski definition) is 1. The van der Waals surface area contributed by atoms with Gasteiger partial charge < -0.3 is 5.11 Å². The van der Waals surface area contributed by atoms with Crippen molar-refractivity contribution in [3.63, 3.8) is 0 Å². The van der Waals surface area contributed by atoms with Gasteiger partial charge in [0.25, 0.3) is 0 Å². The first-order valence-electron chi connectivity index (χ1n) is 5.05. The molecule has 1 atom stereocenters. The van der Waals surface area contributed by atoms with Gasteiger partial charge in [0.05, 0.1) is 0 Å². The van der Waals surface area contributed by atoms with Crippen LogP contribution in [-0.2, 0) is 0 Å². The van der Waals surface area contributed by atoms with Crippen LogP contribution in [-0.4, -0.2) is 0 Å². The molecule has 0 heterocycles. The smallest absolute Gasteiger partial charge is 0.845 e. The van der Waals surface area contributed by atoms with Gasteiger partial charge in [-0.3, -0.25) is 0 Å². The molecule has 16 heavy (non-hydrogen) atoms. The summed E-state index contributed by atoms with van der Waals surface area (Å²) in [6.45, 7) is 2.02. The number of benzene rings is 2. The van der Waals surface area contributed by atoms with Crippen LogP contribution in [0.3, 0.4) is 0 Å². The van der Waals surface area contributed by atoms with Gasteiger partial charge in [-0.05, 0) is 6.92 Å². The maximum atomic E-state index is 12.0. The molecular weight excluding hydrogens is 191 g/mol. The summed E-state index contributed by atoms with van der Waals surface area (Å²) in [5.41, 5.74) is 2.83. The van der Waals surface area contributed by atoms with Crippen molar-refractivity contribution in [2.24, 2.45) is 0 Å². The van der Waals surface area contributed by atoms with Crippen molar-refractivity contribution in [3.8, 4) is 0 Å². The summed E-state index contributed by atoms with van der Waals surface area (Å²) >= 11 is 0. The van der Waals surface area contributed by atoms with Crippen LogP contribution in [0, 0.1) is 6.92 Å². The summed E-state index contributed by atoms with van der Waals surface area (Å²) in [5, 5.41) is 12.0. The summed E-state index contributed by atoms with van der Waals surface area (Å²) < 4.78 is 0. The molecule has 0 spiro atoms. The molecule has 0 fully saturated rings. The molecule has 76 valence electrons. The Labute approximate surface area is 108 Å². The van der Waals surface area contributed by atoms with Gasteiger partial charge in [0, 0.05) is 0 Å². The van der Waals surface area contributed by atoms with Crippen LogP contribution in [0.15, 0.2) is 54.6 Å². The molecule has 0 saturated carbocycles. The zero-order valence-corrected chi connectivity index (χ0v) is 9.68. The van der Waals surface area contributed by atoms with Crippen LogP contribution in [0.25, 0.3) is 0 Å². The molecule has 2 rings (SSSR count). The predicted molar refractivity (Wildman–Crippen MR) is 59.5 cm³/mol. The van der Waals surface area contributed by atoms with Crippen molar-refractivity contribution in [3.05, 3.63) is 71.3 Å². The first kappa shape index (κ1) is 13.1. The largest absolute Gasteiger partial charge is 1.00 e. The van der Waals surface area contributed by atoms with Crippen molar-refractivity contribution in [2.75, 3.05) is 0 Å². The second-order valence-electron chi connectivity index (χ2n) is 3.70. The van der Waals surface area contributed by atoms with Crippen LogP contribution in [0.5, 0.6) is 0 Å². The van der Waals surface area contributed by atoms with Gasteiger partial charge in [-0.15, -0.1) is 0 Å². The average molecular weight is 204 g/mol. The fourth-order valence-electron chi connectivity index (χ4n) is 1.56. The van der Waals surface area contributed by atoms with E-state index in [0.717, 1.165) is 11.1 Å². The fraction of sp³-hybridized carbons (Fsp3) is 0.143. The van der Waals surface area contributed by atoms with Crippen molar-refractivity contribution >= 4 is 0 Å². The van der Waals surface area contributed by atoms with E-state index in [4.69, 9.17) is 0 Å². The van der Waals surface area contributed by atoms with E-state index >= 15 is 0 Å². The SMILES string of the molecule is Cc1ccc(C([O-])c2ccccc2)cc1.[Li+]. The third-order valence-electron chi connectivity index (χ3n) is 2.48. The van der Waals surface area contributed by atoms with E-state index in [9.17, 15) is 5.11 Å². The molecule has 0 amide bonds. The van der Waals surface area contributed by atoms with Gasteiger partial charge in [0.1, 0.15) is 0 Å². The fourth-order valence-corrected chi connectivity index (χ4v) is 1.56. The minimum Gasteiger partial charge on any atom is -0.845 e. The number of aryl methyl sites for hydroxylation is 1. The molecule has 0 aliphatic carbocycles. The van der Waals surface area contributed by atoms with E-state index in [-0.39, 0.29) is 18.9 Å². The Morgan fingerprint density at radius 1 is 0.812 bits per heavy atom. The summed E-state index contributed by atoms with van der Waals surface area (Å²) in [7, 11) is 0. The van der Waals surface area contributed by atoms with Crippen molar-refractivity contribution in [1.82, 2.24) is 0 Å². The molecule has 0 bridgehead atoms. The van der Waals surface area contributed by atoms with E-state index in [1.165, 1.54) is 5.56 Å². The molecule has 1 nitrogen and oxygen atoms in total. The monoisotopic (exact) mass is 204 g/mol. The molecule has 0 radical (unpaired) electrons. The minimum absolute atomic E-state index is 0. The maximum Gasteiger partial charge on any atom is 1.00 e. The van der Waals surface area contributed by atoms with Crippen LogP contribution in [0.4, 0.5) is 0 Å². The van der Waals surface area contributed by atoms with Crippen molar-refractivity contribution < 1.29 is 24.0 Å².